The molecule has 0 unspecified atom stereocenters. The molecule has 1 saturated heterocycles. The van der Waals surface area contributed by atoms with Crippen LogP contribution in [0.3, 0.4) is 0 Å². The second-order valence-corrected chi connectivity index (χ2v) is 7.53. The number of nitrogens with zero attached hydrogens (tertiary/aromatic N) is 3. The summed E-state index contributed by atoms with van der Waals surface area (Å²) >= 11 is 0. The summed E-state index contributed by atoms with van der Waals surface area (Å²) in [5, 5.41) is 2.90. The van der Waals surface area contributed by atoms with Crippen LogP contribution in [0.5, 0.6) is 0 Å². The SMILES string of the molecule is C[C@H](NC(=O)N1CCN(S(C)(=O)=O)[C@@H](C)C1)c1ccccn1. The predicted octanol–water partition coefficient (Wildman–Crippen LogP) is 0.818. The van der Waals surface area contributed by atoms with Gasteiger partial charge in [0.1, 0.15) is 0 Å². The standard InChI is InChI=1S/C14H22N4O3S/c1-11-10-17(8-9-18(11)22(3,20)21)14(19)16-12(2)13-6-4-5-7-15-13/h4-7,11-12H,8-10H2,1-3H3,(H,16,19)/t11-,12-/m0/s1. The van der Waals surface area contributed by atoms with E-state index in [2.05, 4.69) is 10.3 Å². The number of rotatable bonds is 3. The molecule has 1 fully saturated rings. The molecule has 7 nitrogen and oxygen atoms in total. The van der Waals surface area contributed by atoms with Crippen LogP contribution in [0.4, 0.5) is 4.79 Å². The van der Waals surface area contributed by atoms with Crippen LogP contribution in [0.2, 0.25) is 0 Å². The van der Waals surface area contributed by atoms with Crippen LogP contribution in [0, 0.1) is 0 Å². The van der Waals surface area contributed by atoms with E-state index in [0.717, 1.165) is 5.69 Å². The van der Waals surface area contributed by atoms with E-state index in [-0.39, 0.29) is 18.1 Å². The van der Waals surface area contributed by atoms with Crippen molar-refractivity contribution in [3.63, 3.8) is 0 Å². The van der Waals surface area contributed by atoms with Gasteiger partial charge in [0.25, 0.3) is 0 Å². The number of hydrogen-bond donors (Lipinski definition) is 1. The summed E-state index contributed by atoms with van der Waals surface area (Å²) in [5.74, 6) is 0. The third-order valence-electron chi connectivity index (χ3n) is 3.75. The number of pyridine rings is 1. The van der Waals surface area contributed by atoms with Crippen LogP contribution < -0.4 is 5.32 Å². The number of aromatic nitrogens is 1. The predicted molar refractivity (Wildman–Crippen MR) is 83.8 cm³/mol. The van der Waals surface area contributed by atoms with Crippen LogP contribution in [0.1, 0.15) is 25.6 Å². The maximum Gasteiger partial charge on any atom is 0.318 e. The molecule has 22 heavy (non-hydrogen) atoms. The highest BCUT2D eigenvalue weighted by atomic mass is 32.2. The first-order valence-electron chi connectivity index (χ1n) is 7.22. The Bertz CT molecular complexity index is 620. The topological polar surface area (TPSA) is 82.6 Å². The van der Waals surface area contributed by atoms with Gasteiger partial charge in [0.15, 0.2) is 0 Å². The van der Waals surface area contributed by atoms with Crippen molar-refractivity contribution in [1.29, 1.82) is 0 Å². The Hall–Kier alpha value is -1.67. The largest absolute Gasteiger partial charge is 0.330 e. The van der Waals surface area contributed by atoms with Crippen molar-refractivity contribution < 1.29 is 13.2 Å². The number of piperazine rings is 1. The summed E-state index contributed by atoms with van der Waals surface area (Å²) < 4.78 is 24.7. The molecule has 0 spiro atoms. The van der Waals surface area contributed by atoms with Crippen LogP contribution in [0.25, 0.3) is 0 Å². The van der Waals surface area contributed by atoms with Crippen LogP contribution in [-0.4, -0.2) is 60.6 Å². The van der Waals surface area contributed by atoms with Crippen molar-refractivity contribution in [2.24, 2.45) is 0 Å². The molecule has 1 aromatic rings. The highest BCUT2D eigenvalue weighted by Gasteiger charge is 2.32. The summed E-state index contributed by atoms with van der Waals surface area (Å²) in [6, 6.07) is 4.94. The van der Waals surface area contributed by atoms with E-state index in [0.29, 0.717) is 19.6 Å². The number of nitrogens with one attached hydrogen (secondary N) is 1. The Balaban J connectivity index is 1.95. The van der Waals surface area contributed by atoms with Gasteiger partial charge in [0.05, 0.1) is 18.0 Å². The smallest absolute Gasteiger partial charge is 0.318 e. The average molecular weight is 326 g/mol. The molecule has 0 bridgehead atoms. The van der Waals surface area contributed by atoms with Crippen molar-refractivity contribution in [3.8, 4) is 0 Å². The summed E-state index contributed by atoms with van der Waals surface area (Å²) in [6.07, 6.45) is 2.88. The van der Waals surface area contributed by atoms with Gasteiger partial charge >= 0.3 is 6.03 Å². The minimum atomic E-state index is -3.23. The number of carbonyl (C=O) groups is 1. The summed E-state index contributed by atoms with van der Waals surface area (Å²) in [6.45, 7) is 4.77. The van der Waals surface area contributed by atoms with Gasteiger partial charge in [0.2, 0.25) is 10.0 Å². The van der Waals surface area contributed by atoms with Gasteiger partial charge in [-0.3, -0.25) is 4.98 Å². The van der Waals surface area contributed by atoms with Crippen molar-refractivity contribution in [2.75, 3.05) is 25.9 Å². The number of sulfonamides is 1. The molecule has 0 aliphatic carbocycles. The molecule has 0 radical (unpaired) electrons. The van der Waals surface area contributed by atoms with E-state index in [4.69, 9.17) is 0 Å². The zero-order chi connectivity index (χ0) is 16.3. The molecule has 1 N–H and O–H groups in total. The lowest BCUT2D eigenvalue weighted by molar-refractivity contribution is 0.146. The molecule has 0 saturated carbocycles. The molecule has 0 aromatic carbocycles. The van der Waals surface area contributed by atoms with E-state index >= 15 is 0 Å². The number of carbonyl (C=O) groups excluding carboxylic acids is 1. The van der Waals surface area contributed by atoms with Gasteiger partial charge in [0, 0.05) is 31.9 Å². The zero-order valence-electron chi connectivity index (χ0n) is 13.1. The molecular weight excluding hydrogens is 304 g/mol. The van der Waals surface area contributed by atoms with Crippen molar-refractivity contribution in [3.05, 3.63) is 30.1 Å². The first-order valence-corrected chi connectivity index (χ1v) is 9.07. The monoisotopic (exact) mass is 326 g/mol. The second kappa shape index (κ2) is 6.62. The average Bonchev–Trinajstić information content (AvgIpc) is 2.46. The third kappa shape index (κ3) is 3.95. The van der Waals surface area contributed by atoms with Gasteiger partial charge in [-0.25, -0.2) is 13.2 Å². The fourth-order valence-electron chi connectivity index (χ4n) is 2.60. The highest BCUT2D eigenvalue weighted by molar-refractivity contribution is 7.88. The van der Waals surface area contributed by atoms with Gasteiger partial charge in [-0.2, -0.15) is 4.31 Å². The Morgan fingerprint density at radius 2 is 2.14 bits per heavy atom. The van der Waals surface area contributed by atoms with Crippen molar-refractivity contribution >= 4 is 16.1 Å². The van der Waals surface area contributed by atoms with Gasteiger partial charge < -0.3 is 10.2 Å². The molecule has 2 amide bonds. The lowest BCUT2D eigenvalue weighted by Gasteiger charge is -2.38. The fraction of sp³-hybridized carbons (Fsp3) is 0.571. The maximum atomic E-state index is 12.3. The van der Waals surface area contributed by atoms with Crippen LogP contribution >= 0.6 is 0 Å². The van der Waals surface area contributed by atoms with Crippen LogP contribution in [-0.2, 0) is 10.0 Å². The molecule has 1 aliphatic heterocycles. The van der Waals surface area contributed by atoms with Crippen molar-refractivity contribution in [2.45, 2.75) is 25.9 Å². The van der Waals surface area contributed by atoms with Gasteiger partial charge in [-0.15, -0.1) is 0 Å². The molecule has 2 rings (SSSR count). The summed E-state index contributed by atoms with van der Waals surface area (Å²) in [4.78, 5) is 18.2. The Kier molecular flexibility index (Phi) is 5.02. The van der Waals surface area contributed by atoms with E-state index in [1.165, 1.54) is 10.6 Å². The Labute approximate surface area is 131 Å². The number of urea groups is 1. The fourth-order valence-corrected chi connectivity index (χ4v) is 3.73. The van der Waals surface area contributed by atoms with E-state index in [1.54, 1.807) is 11.1 Å². The zero-order valence-corrected chi connectivity index (χ0v) is 13.9. The van der Waals surface area contributed by atoms with Gasteiger partial charge in [-0.05, 0) is 26.0 Å². The summed E-state index contributed by atoms with van der Waals surface area (Å²) in [5.41, 5.74) is 0.790. The van der Waals surface area contributed by atoms with Crippen molar-refractivity contribution in [1.82, 2.24) is 19.5 Å². The first kappa shape index (κ1) is 16.7. The number of hydrogen-bond acceptors (Lipinski definition) is 4. The molecule has 2 heterocycles. The minimum Gasteiger partial charge on any atom is -0.330 e. The quantitative estimate of drug-likeness (QED) is 0.891. The van der Waals surface area contributed by atoms with Gasteiger partial charge in [-0.1, -0.05) is 6.07 Å². The Morgan fingerprint density at radius 3 is 2.68 bits per heavy atom. The molecular formula is C14H22N4O3S. The molecule has 8 heteroatoms. The van der Waals surface area contributed by atoms with E-state index < -0.39 is 10.0 Å². The molecule has 1 aromatic heterocycles. The number of amides is 2. The highest BCUT2D eigenvalue weighted by Crippen LogP contribution is 2.14. The van der Waals surface area contributed by atoms with E-state index in [9.17, 15) is 13.2 Å². The maximum absolute atomic E-state index is 12.3. The third-order valence-corrected chi connectivity index (χ3v) is 5.15. The lowest BCUT2D eigenvalue weighted by atomic mass is 10.2. The lowest BCUT2D eigenvalue weighted by Crippen LogP contribution is -2.57. The second-order valence-electron chi connectivity index (χ2n) is 5.59. The molecule has 1 aliphatic rings. The van der Waals surface area contributed by atoms with E-state index in [1.807, 2.05) is 32.0 Å². The first-order chi connectivity index (χ1) is 10.3. The Morgan fingerprint density at radius 1 is 1.41 bits per heavy atom. The molecule has 2 atom stereocenters. The normalized spacial score (nSPS) is 21.4. The molecule has 122 valence electrons. The minimum absolute atomic E-state index is 0.196. The summed E-state index contributed by atoms with van der Waals surface area (Å²) in [7, 11) is -3.23. The van der Waals surface area contributed by atoms with Crippen LogP contribution in [0.15, 0.2) is 24.4 Å².